The van der Waals surface area contributed by atoms with Gasteiger partial charge in [0.05, 0.1) is 18.9 Å². The lowest BCUT2D eigenvalue weighted by molar-refractivity contribution is 0.0342. The van der Waals surface area contributed by atoms with Crippen molar-refractivity contribution in [3.8, 4) is 11.3 Å². The Labute approximate surface area is 142 Å². The van der Waals surface area contributed by atoms with Gasteiger partial charge in [0.25, 0.3) is 5.91 Å². The van der Waals surface area contributed by atoms with E-state index in [1.54, 1.807) is 6.07 Å². The van der Waals surface area contributed by atoms with E-state index in [-0.39, 0.29) is 11.9 Å². The van der Waals surface area contributed by atoms with E-state index in [2.05, 4.69) is 20.4 Å². The summed E-state index contributed by atoms with van der Waals surface area (Å²) in [6, 6.07) is 9.95. The van der Waals surface area contributed by atoms with Crippen LogP contribution in [0, 0.1) is 6.92 Å². The van der Waals surface area contributed by atoms with Gasteiger partial charge < -0.3 is 10.1 Å². The first-order chi connectivity index (χ1) is 11.6. The van der Waals surface area contributed by atoms with E-state index in [0.717, 1.165) is 44.1 Å². The van der Waals surface area contributed by atoms with Gasteiger partial charge in [0.2, 0.25) is 0 Å². The zero-order valence-corrected chi connectivity index (χ0v) is 14.2. The molecular formula is C18H24N4O2. The van der Waals surface area contributed by atoms with Crippen LogP contribution in [0.25, 0.3) is 11.3 Å². The van der Waals surface area contributed by atoms with Crippen LogP contribution < -0.4 is 5.32 Å². The second-order valence-electron chi connectivity index (χ2n) is 6.32. The van der Waals surface area contributed by atoms with Gasteiger partial charge in [-0.3, -0.25) is 14.8 Å². The van der Waals surface area contributed by atoms with Crippen molar-refractivity contribution in [2.75, 3.05) is 32.8 Å². The third-order valence-electron chi connectivity index (χ3n) is 4.18. The van der Waals surface area contributed by atoms with Crippen molar-refractivity contribution in [3.05, 3.63) is 41.6 Å². The first kappa shape index (κ1) is 16.7. The Kier molecular flexibility index (Phi) is 5.27. The lowest BCUT2D eigenvalue weighted by Crippen LogP contribution is -2.46. The predicted octanol–water partition coefficient (Wildman–Crippen LogP) is 1.84. The van der Waals surface area contributed by atoms with Gasteiger partial charge in [-0.1, -0.05) is 29.8 Å². The summed E-state index contributed by atoms with van der Waals surface area (Å²) < 4.78 is 5.34. The largest absolute Gasteiger partial charge is 0.379 e. The van der Waals surface area contributed by atoms with Gasteiger partial charge in [-0.05, 0) is 19.9 Å². The standard InChI is InChI=1S/C18H24N4O2/c1-13-3-5-15(6-4-13)16-11-17(21-20-16)18(23)19-14(2)12-22-7-9-24-10-8-22/h3-6,11,14H,7-10,12H2,1-2H3,(H,19,23)(H,20,21)/t14-/m0/s1. The van der Waals surface area contributed by atoms with Gasteiger partial charge in [-0.2, -0.15) is 5.10 Å². The molecule has 1 saturated heterocycles. The van der Waals surface area contributed by atoms with Gasteiger partial charge in [0, 0.05) is 31.2 Å². The molecule has 6 heteroatoms. The molecule has 1 aromatic heterocycles. The number of morpholine rings is 1. The summed E-state index contributed by atoms with van der Waals surface area (Å²) in [5.41, 5.74) is 3.46. The summed E-state index contributed by atoms with van der Waals surface area (Å²) in [5.74, 6) is -0.123. The van der Waals surface area contributed by atoms with Crippen LogP contribution >= 0.6 is 0 Å². The Morgan fingerprint density at radius 1 is 1.33 bits per heavy atom. The predicted molar refractivity (Wildman–Crippen MR) is 92.9 cm³/mol. The minimum atomic E-state index is -0.123. The summed E-state index contributed by atoms with van der Waals surface area (Å²) in [5, 5.41) is 10.1. The van der Waals surface area contributed by atoms with Crippen LogP contribution in [0.15, 0.2) is 30.3 Å². The Hall–Kier alpha value is -2.18. The topological polar surface area (TPSA) is 70.2 Å². The third kappa shape index (κ3) is 4.21. The normalized spacial score (nSPS) is 16.8. The molecule has 128 valence electrons. The van der Waals surface area contributed by atoms with E-state index < -0.39 is 0 Å². The molecule has 6 nitrogen and oxygen atoms in total. The fourth-order valence-corrected chi connectivity index (χ4v) is 2.83. The molecule has 1 atom stereocenters. The number of carbonyl (C=O) groups is 1. The summed E-state index contributed by atoms with van der Waals surface area (Å²) in [7, 11) is 0. The molecule has 1 aliphatic heterocycles. The van der Waals surface area contributed by atoms with E-state index >= 15 is 0 Å². The van der Waals surface area contributed by atoms with Gasteiger partial charge in [0.1, 0.15) is 5.69 Å². The van der Waals surface area contributed by atoms with Crippen molar-refractivity contribution in [3.63, 3.8) is 0 Å². The van der Waals surface area contributed by atoms with Gasteiger partial charge in [-0.15, -0.1) is 0 Å². The number of carbonyl (C=O) groups excluding carboxylic acids is 1. The van der Waals surface area contributed by atoms with E-state index in [0.29, 0.717) is 5.69 Å². The summed E-state index contributed by atoms with van der Waals surface area (Å²) in [6.45, 7) is 8.26. The molecule has 1 fully saturated rings. The van der Waals surface area contributed by atoms with Gasteiger partial charge in [0.15, 0.2) is 0 Å². The molecule has 1 amide bonds. The Morgan fingerprint density at radius 3 is 2.75 bits per heavy atom. The number of ether oxygens (including phenoxy) is 1. The zero-order chi connectivity index (χ0) is 16.9. The van der Waals surface area contributed by atoms with Crippen molar-refractivity contribution >= 4 is 5.91 Å². The van der Waals surface area contributed by atoms with Crippen LogP contribution in [0.4, 0.5) is 0 Å². The molecule has 24 heavy (non-hydrogen) atoms. The average Bonchev–Trinajstić information content (AvgIpc) is 3.06. The van der Waals surface area contributed by atoms with Crippen LogP contribution in [0.2, 0.25) is 0 Å². The highest BCUT2D eigenvalue weighted by Gasteiger charge is 2.17. The number of hydrogen-bond donors (Lipinski definition) is 2. The highest BCUT2D eigenvalue weighted by molar-refractivity contribution is 5.93. The first-order valence-corrected chi connectivity index (χ1v) is 8.35. The number of amides is 1. The lowest BCUT2D eigenvalue weighted by Gasteiger charge is -2.29. The number of benzene rings is 1. The number of nitrogens with one attached hydrogen (secondary N) is 2. The van der Waals surface area contributed by atoms with Gasteiger partial charge in [-0.25, -0.2) is 0 Å². The monoisotopic (exact) mass is 328 g/mol. The maximum absolute atomic E-state index is 12.4. The van der Waals surface area contributed by atoms with Crippen molar-refractivity contribution < 1.29 is 9.53 Å². The van der Waals surface area contributed by atoms with E-state index in [1.165, 1.54) is 5.56 Å². The number of aromatic amines is 1. The van der Waals surface area contributed by atoms with Crippen molar-refractivity contribution in [2.24, 2.45) is 0 Å². The number of aryl methyl sites for hydroxylation is 1. The minimum Gasteiger partial charge on any atom is -0.379 e. The molecule has 0 radical (unpaired) electrons. The molecule has 3 rings (SSSR count). The molecule has 0 saturated carbocycles. The molecule has 0 bridgehead atoms. The first-order valence-electron chi connectivity index (χ1n) is 8.35. The van der Waals surface area contributed by atoms with E-state index in [4.69, 9.17) is 4.74 Å². The van der Waals surface area contributed by atoms with E-state index in [9.17, 15) is 4.79 Å². The third-order valence-corrected chi connectivity index (χ3v) is 4.18. The SMILES string of the molecule is Cc1ccc(-c2cc(C(=O)N[C@@H](C)CN3CCOCC3)[nH]n2)cc1. The smallest absolute Gasteiger partial charge is 0.269 e. The number of H-pyrrole nitrogens is 1. The highest BCUT2D eigenvalue weighted by Crippen LogP contribution is 2.18. The Bertz CT molecular complexity index is 675. The average molecular weight is 328 g/mol. The van der Waals surface area contributed by atoms with Gasteiger partial charge >= 0.3 is 0 Å². The zero-order valence-electron chi connectivity index (χ0n) is 14.2. The molecule has 1 aliphatic rings. The van der Waals surface area contributed by atoms with Crippen LogP contribution in [0.1, 0.15) is 23.0 Å². The molecule has 2 N–H and O–H groups in total. The molecule has 0 unspecified atom stereocenters. The number of hydrogen-bond acceptors (Lipinski definition) is 4. The van der Waals surface area contributed by atoms with E-state index in [1.807, 2.05) is 38.1 Å². The maximum Gasteiger partial charge on any atom is 0.269 e. The number of aromatic nitrogens is 2. The second-order valence-corrected chi connectivity index (χ2v) is 6.32. The highest BCUT2D eigenvalue weighted by atomic mass is 16.5. The summed E-state index contributed by atoms with van der Waals surface area (Å²) in [4.78, 5) is 14.7. The van der Waals surface area contributed by atoms with Crippen LogP contribution in [0.3, 0.4) is 0 Å². The maximum atomic E-state index is 12.4. The molecule has 2 aromatic rings. The number of rotatable bonds is 5. The molecule has 0 aliphatic carbocycles. The van der Waals surface area contributed by atoms with Crippen LogP contribution in [-0.2, 0) is 4.74 Å². The van der Waals surface area contributed by atoms with Crippen molar-refractivity contribution in [1.29, 1.82) is 0 Å². The van der Waals surface area contributed by atoms with Crippen molar-refractivity contribution in [2.45, 2.75) is 19.9 Å². The van der Waals surface area contributed by atoms with Crippen LogP contribution in [-0.4, -0.2) is 59.9 Å². The molecule has 1 aromatic carbocycles. The summed E-state index contributed by atoms with van der Waals surface area (Å²) in [6.07, 6.45) is 0. The molecular weight excluding hydrogens is 304 g/mol. The summed E-state index contributed by atoms with van der Waals surface area (Å²) >= 11 is 0. The lowest BCUT2D eigenvalue weighted by atomic mass is 10.1. The van der Waals surface area contributed by atoms with Crippen molar-refractivity contribution in [1.82, 2.24) is 20.4 Å². The fourth-order valence-electron chi connectivity index (χ4n) is 2.83. The Morgan fingerprint density at radius 2 is 2.04 bits per heavy atom. The molecule has 2 heterocycles. The Balaban J connectivity index is 1.58. The molecule has 0 spiro atoms. The van der Waals surface area contributed by atoms with Crippen LogP contribution in [0.5, 0.6) is 0 Å². The fraction of sp³-hybridized carbons (Fsp3) is 0.444. The number of nitrogens with zero attached hydrogens (tertiary/aromatic N) is 2. The quantitative estimate of drug-likeness (QED) is 0.878. The minimum absolute atomic E-state index is 0.0710. The second kappa shape index (κ2) is 7.59.